The summed E-state index contributed by atoms with van der Waals surface area (Å²) in [6, 6.07) is 68.0. The van der Waals surface area contributed by atoms with Crippen LogP contribution in [0.3, 0.4) is 0 Å². The van der Waals surface area contributed by atoms with Gasteiger partial charge in [-0.15, -0.1) is 11.3 Å². The second kappa shape index (κ2) is 11.9. The molecule has 0 aliphatic carbocycles. The molecule has 0 atom stereocenters. The van der Waals surface area contributed by atoms with E-state index in [0.29, 0.717) is 0 Å². The summed E-state index contributed by atoms with van der Waals surface area (Å²) in [4.78, 5) is 2.38. The third-order valence-corrected chi connectivity index (χ3v) is 11.8. The van der Waals surface area contributed by atoms with Crippen LogP contribution in [0, 0.1) is 0 Å². The fourth-order valence-electron chi connectivity index (χ4n) is 8.23. The van der Waals surface area contributed by atoms with Gasteiger partial charge in [0, 0.05) is 42.3 Å². The van der Waals surface area contributed by atoms with Crippen molar-refractivity contribution in [2.24, 2.45) is 0 Å². The highest BCUT2D eigenvalue weighted by Gasteiger charge is 2.22. The van der Waals surface area contributed by atoms with Crippen LogP contribution in [-0.2, 0) is 0 Å². The Kier molecular flexibility index (Phi) is 6.76. The number of benzene rings is 9. The molecular formula is C50H31NOS. The Morgan fingerprint density at radius 3 is 1.96 bits per heavy atom. The van der Waals surface area contributed by atoms with E-state index < -0.39 is 0 Å². The second-order valence-corrected chi connectivity index (χ2v) is 14.7. The number of rotatable bonds is 5. The number of thiophene rings is 1. The lowest BCUT2D eigenvalue weighted by Crippen LogP contribution is -2.10. The van der Waals surface area contributed by atoms with Crippen molar-refractivity contribution in [2.45, 2.75) is 0 Å². The van der Waals surface area contributed by atoms with Gasteiger partial charge in [-0.25, -0.2) is 0 Å². The molecule has 9 aromatic carbocycles. The Morgan fingerprint density at radius 2 is 1.06 bits per heavy atom. The predicted octanol–water partition coefficient (Wildman–Crippen LogP) is 15.1. The SMILES string of the molecule is c1ccc(-c2cc(N(c3ccc4ccc5ccccc5c4c3)c3cccc4c3oc3ccccc34)ccc2-c2cccc3sc4ccccc4c23)cc1. The molecule has 11 aromatic rings. The van der Waals surface area contributed by atoms with Crippen LogP contribution in [0.15, 0.2) is 192 Å². The van der Waals surface area contributed by atoms with Crippen molar-refractivity contribution in [1.29, 1.82) is 0 Å². The molecule has 0 saturated carbocycles. The Labute approximate surface area is 310 Å². The summed E-state index contributed by atoms with van der Waals surface area (Å²) in [6.07, 6.45) is 0. The van der Waals surface area contributed by atoms with Crippen LogP contribution < -0.4 is 4.90 Å². The molecule has 0 saturated heterocycles. The van der Waals surface area contributed by atoms with Gasteiger partial charge in [0.1, 0.15) is 5.58 Å². The molecule has 11 rings (SSSR count). The first-order valence-electron chi connectivity index (χ1n) is 18.0. The number of hydrogen-bond donors (Lipinski definition) is 0. The van der Waals surface area contributed by atoms with Gasteiger partial charge in [0.15, 0.2) is 5.58 Å². The van der Waals surface area contributed by atoms with Gasteiger partial charge < -0.3 is 9.32 Å². The van der Waals surface area contributed by atoms with Crippen molar-refractivity contribution in [3.05, 3.63) is 188 Å². The largest absolute Gasteiger partial charge is 0.454 e. The topological polar surface area (TPSA) is 16.4 Å². The van der Waals surface area contributed by atoms with Crippen LogP contribution in [0.4, 0.5) is 17.1 Å². The van der Waals surface area contributed by atoms with E-state index in [1.165, 1.54) is 64.0 Å². The molecule has 0 N–H and O–H groups in total. The van der Waals surface area contributed by atoms with Gasteiger partial charge in [-0.1, -0.05) is 140 Å². The average molecular weight is 694 g/mol. The maximum Gasteiger partial charge on any atom is 0.159 e. The van der Waals surface area contributed by atoms with Crippen LogP contribution in [0.25, 0.3) is 85.9 Å². The monoisotopic (exact) mass is 693 g/mol. The lowest BCUT2D eigenvalue weighted by atomic mass is 9.91. The normalized spacial score (nSPS) is 11.8. The molecule has 2 nitrogen and oxygen atoms in total. The van der Waals surface area contributed by atoms with Crippen molar-refractivity contribution in [2.75, 3.05) is 4.90 Å². The van der Waals surface area contributed by atoms with E-state index in [4.69, 9.17) is 4.42 Å². The minimum atomic E-state index is 0.867. The number of hydrogen-bond acceptors (Lipinski definition) is 3. The first kappa shape index (κ1) is 30.0. The molecular weight excluding hydrogens is 663 g/mol. The third-order valence-electron chi connectivity index (χ3n) is 10.7. The molecule has 0 fully saturated rings. The van der Waals surface area contributed by atoms with Gasteiger partial charge in [0.2, 0.25) is 0 Å². The van der Waals surface area contributed by atoms with E-state index >= 15 is 0 Å². The standard InChI is InChI=1S/C50H31NOS/c1-2-12-32(13-3-1)44-31-36(28-29-38(44)40-18-11-23-48-49(40)42-17-7-9-22-47(42)53-48)51(45-20-10-19-41-39-16-6-8-21-46(39)52-50(41)45)35-27-26-34-25-24-33-14-4-5-15-37(33)43(34)30-35/h1-31H. The van der Waals surface area contributed by atoms with E-state index in [9.17, 15) is 0 Å². The predicted molar refractivity (Wildman–Crippen MR) is 227 cm³/mol. The second-order valence-electron chi connectivity index (χ2n) is 13.7. The number of para-hydroxylation sites is 2. The molecule has 248 valence electrons. The van der Waals surface area contributed by atoms with Gasteiger partial charge in [-0.3, -0.25) is 0 Å². The summed E-state index contributed by atoms with van der Waals surface area (Å²) in [5.74, 6) is 0. The van der Waals surface area contributed by atoms with Crippen LogP contribution >= 0.6 is 11.3 Å². The lowest BCUT2D eigenvalue weighted by molar-refractivity contribution is 0.669. The quantitative estimate of drug-likeness (QED) is 0.167. The summed E-state index contributed by atoms with van der Waals surface area (Å²) in [7, 11) is 0. The van der Waals surface area contributed by atoms with Crippen molar-refractivity contribution < 1.29 is 4.42 Å². The zero-order valence-electron chi connectivity index (χ0n) is 28.7. The lowest BCUT2D eigenvalue weighted by Gasteiger charge is -2.27. The van der Waals surface area contributed by atoms with Crippen molar-refractivity contribution in [1.82, 2.24) is 0 Å². The first-order valence-corrected chi connectivity index (χ1v) is 18.8. The zero-order valence-corrected chi connectivity index (χ0v) is 29.5. The highest BCUT2D eigenvalue weighted by Crippen LogP contribution is 2.47. The number of anilines is 3. The highest BCUT2D eigenvalue weighted by atomic mass is 32.1. The van der Waals surface area contributed by atoms with Crippen molar-refractivity contribution >= 4 is 92.1 Å². The molecule has 0 bridgehead atoms. The smallest absolute Gasteiger partial charge is 0.159 e. The van der Waals surface area contributed by atoms with Crippen LogP contribution in [0.2, 0.25) is 0 Å². The Hall–Kier alpha value is -6.68. The maximum absolute atomic E-state index is 6.71. The minimum Gasteiger partial charge on any atom is -0.454 e. The van der Waals surface area contributed by atoms with Crippen molar-refractivity contribution in [3.63, 3.8) is 0 Å². The molecule has 3 heteroatoms. The Morgan fingerprint density at radius 1 is 0.396 bits per heavy atom. The summed E-state index contributed by atoms with van der Waals surface area (Å²) in [5, 5.41) is 9.73. The molecule has 0 aliphatic rings. The molecule has 0 aliphatic heterocycles. The van der Waals surface area contributed by atoms with Crippen LogP contribution in [0.1, 0.15) is 0 Å². The summed E-state index contributed by atoms with van der Waals surface area (Å²) >= 11 is 1.86. The third kappa shape index (κ3) is 4.78. The molecule has 2 heterocycles. The van der Waals surface area contributed by atoms with Crippen LogP contribution in [0.5, 0.6) is 0 Å². The summed E-state index contributed by atoms with van der Waals surface area (Å²) < 4.78 is 9.32. The molecule has 0 radical (unpaired) electrons. The fraction of sp³-hybridized carbons (Fsp3) is 0. The fourth-order valence-corrected chi connectivity index (χ4v) is 9.36. The molecule has 0 amide bonds. The summed E-state index contributed by atoms with van der Waals surface area (Å²) in [6.45, 7) is 0. The molecule has 0 unspecified atom stereocenters. The first-order chi connectivity index (χ1) is 26.3. The Bertz CT molecular complexity index is 3190. The molecule has 53 heavy (non-hydrogen) atoms. The van der Waals surface area contributed by atoms with Crippen molar-refractivity contribution in [3.8, 4) is 22.3 Å². The number of furan rings is 1. The number of fused-ring (bicyclic) bond motifs is 9. The van der Waals surface area contributed by atoms with E-state index in [1.807, 2.05) is 17.4 Å². The average Bonchev–Trinajstić information content (AvgIpc) is 3.80. The van der Waals surface area contributed by atoms with Gasteiger partial charge in [0.05, 0.1) is 5.69 Å². The number of nitrogens with zero attached hydrogens (tertiary/aromatic N) is 1. The van der Waals surface area contributed by atoms with E-state index in [1.54, 1.807) is 0 Å². The summed E-state index contributed by atoms with van der Waals surface area (Å²) in [5.41, 5.74) is 9.68. The van der Waals surface area contributed by atoms with E-state index in [-0.39, 0.29) is 0 Å². The molecule has 2 aromatic heterocycles. The van der Waals surface area contributed by atoms with Gasteiger partial charge in [0.25, 0.3) is 0 Å². The van der Waals surface area contributed by atoms with Gasteiger partial charge in [-0.2, -0.15) is 0 Å². The maximum atomic E-state index is 6.71. The Balaban J connectivity index is 1.21. The van der Waals surface area contributed by atoms with E-state index in [0.717, 1.165) is 39.0 Å². The highest BCUT2D eigenvalue weighted by molar-refractivity contribution is 7.25. The van der Waals surface area contributed by atoms with Crippen LogP contribution in [-0.4, -0.2) is 0 Å². The van der Waals surface area contributed by atoms with E-state index in [2.05, 4.69) is 187 Å². The molecule has 0 spiro atoms. The van der Waals surface area contributed by atoms with Gasteiger partial charge in [-0.05, 0) is 92.3 Å². The zero-order chi connectivity index (χ0) is 34.9. The minimum absolute atomic E-state index is 0.867. The van der Waals surface area contributed by atoms with Gasteiger partial charge >= 0.3 is 0 Å².